The van der Waals surface area contributed by atoms with Crippen molar-refractivity contribution in [3.63, 3.8) is 0 Å². The molecule has 0 saturated heterocycles. The number of para-hydroxylation sites is 1. The molecule has 22 heavy (non-hydrogen) atoms. The van der Waals surface area contributed by atoms with Gasteiger partial charge in [-0.2, -0.15) is 0 Å². The summed E-state index contributed by atoms with van der Waals surface area (Å²) in [6.45, 7) is 0.307. The van der Waals surface area contributed by atoms with E-state index in [0.717, 1.165) is 28.3 Å². The highest BCUT2D eigenvalue weighted by molar-refractivity contribution is 6.10. The first-order valence-electron chi connectivity index (χ1n) is 7.09. The predicted molar refractivity (Wildman–Crippen MR) is 81.2 cm³/mol. The van der Waals surface area contributed by atoms with Gasteiger partial charge in [0.25, 0.3) is 0 Å². The van der Waals surface area contributed by atoms with Gasteiger partial charge in [-0.05, 0) is 17.7 Å². The number of fused-ring (bicyclic) bond motifs is 5. The largest absolute Gasteiger partial charge is 0.491 e. The maximum Gasteiger partial charge on any atom is 0.243 e. The van der Waals surface area contributed by atoms with Crippen LogP contribution >= 0.6 is 0 Å². The number of carbonyl (C=O) groups is 1. The molecule has 1 unspecified atom stereocenters. The molecule has 3 heterocycles. The Labute approximate surface area is 126 Å². The third-order valence-corrected chi connectivity index (χ3v) is 4.51. The summed E-state index contributed by atoms with van der Waals surface area (Å²) in [5.74, 6) is 1.37. The standard InChI is InChI=1S/C17H12N2O3/c20-16-17(10-3-1-2-4-12(10)19-16)9-22-14-8-13-15(7-11(14)17)21-6-5-18-13/h1-8,18H,9H2,(H,19,20). The van der Waals surface area contributed by atoms with E-state index in [2.05, 4.69) is 10.6 Å². The molecule has 1 atom stereocenters. The predicted octanol–water partition coefficient (Wildman–Crippen LogP) is 2.59. The second-order valence-corrected chi connectivity index (χ2v) is 5.60. The van der Waals surface area contributed by atoms with Crippen molar-refractivity contribution in [2.24, 2.45) is 0 Å². The van der Waals surface area contributed by atoms with Gasteiger partial charge >= 0.3 is 0 Å². The van der Waals surface area contributed by atoms with Gasteiger partial charge in [0.05, 0.1) is 5.69 Å². The van der Waals surface area contributed by atoms with Gasteiger partial charge in [-0.3, -0.25) is 4.79 Å². The van der Waals surface area contributed by atoms with Crippen molar-refractivity contribution >= 4 is 17.3 Å². The SMILES string of the molecule is O=C1Nc2ccccc2C12COc1cc3c(cc12)OC=CN3. The summed E-state index contributed by atoms with van der Waals surface area (Å²) in [5.41, 5.74) is 2.71. The molecule has 0 fully saturated rings. The Hall–Kier alpha value is -2.95. The summed E-state index contributed by atoms with van der Waals surface area (Å²) < 4.78 is 11.4. The van der Waals surface area contributed by atoms with Crippen molar-refractivity contribution in [2.45, 2.75) is 5.41 Å². The summed E-state index contributed by atoms with van der Waals surface area (Å²) in [5, 5.41) is 6.08. The Balaban J connectivity index is 1.77. The molecule has 0 bridgehead atoms. The number of rotatable bonds is 0. The maximum atomic E-state index is 12.7. The number of nitrogens with one attached hydrogen (secondary N) is 2. The third kappa shape index (κ3) is 1.26. The number of hydrogen-bond acceptors (Lipinski definition) is 4. The first-order chi connectivity index (χ1) is 10.8. The van der Waals surface area contributed by atoms with Gasteiger partial charge in [-0.15, -0.1) is 0 Å². The molecule has 1 spiro atoms. The molecule has 2 N–H and O–H groups in total. The molecule has 0 aromatic heterocycles. The molecular formula is C17H12N2O3. The lowest BCUT2D eigenvalue weighted by atomic mass is 9.77. The fourth-order valence-electron chi connectivity index (χ4n) is 3.44. The maximum absolute atomic E-state index is 12.7. The van der Waals surface area contributed by atoms with Crippen LogP contribution in [0.25, 0.3) is 0 Å². The van der Waals surface area contributed by atoms with Crippen LogP contribution in [0.2, 0.25) is 0 Å². The second-order valence-electron chi connectivity index (χ2n) is 5.60. The van der Waals surface area contributed by atoms with Crippen molar-refractivity contribution in [3.8, 4) is 11.5 Å². The fraction of sp³-hybridized carbons (Fsp3) is 0.118. The topological polar surface area (TPSA) is 59.6 Å². The van der Waals surface area contributed by atoms with Crippen LogP contribution in [0.3, 0.4) is 0 Å². The first-order valence-corrected chi connectivity index (χ1v) is 7.09. The zero-order valence-electron chi connectivity index (χ0n) is 11.6. The third-order valence-electron chi connectivity index (χ3n) is 4.51. The van der Waals surface area contributed by atoms with Crippen LogP contribution in [0, 0.1) is 0 Å². The molecule has 5 heteroatoms. The van der Waals surface area contributed by atoms with E-state index in [1.807, 2.05) is 36.4 Å². The molecule has 2 aromatic carbocycles. The highest BCUT2D eigenvalue weighted by Gasteiger charge is 2.54. The highest BCUT2D eigenvalue weighted by atomic mass is 16.5. The van der Waals surface area contributed by atoms with E-state index in [9.17, 15) is 4.79 Å². The van der Waals surface area contributed by atoms with Crippen molar-refractivity contribution in [1.82, 2.24) is 0 Å². The van der Waals surface area contributed by atoms with Gasteiger partial charge < -0.3 is 20.1 Å². The van der Waals surface area contributed by atoms with Crippen LogP contribution in [0.15, 0.2) is 48.9 Å². The summed E-state index contributed by atoms with van der Waals surface area (Å²) in [6.07, 6.45) is 3.30. The van der Waals surface area contributed by atoms with Gasteiger partial charge in [-0.25, -0.2) is 0 Å². The van der Waals surface area contributed by atoms with E-state index in [1.54, 1.807) is 12.5 Å². The van der Waals surface area contributed by atoms with Crippen molar-refractivity contribution in [2.75, 3.05) is 17.2 Å². The minimum atomic E-state index is -0.786. The molecular weight excluding hydrogens is 280 g/mol. The van der Waals surface area contributed by atoms with E-state index in [4.69, 9.17) is 9.47 Å². The number of benzene rings is 2. The highest BCUT2D eigenvalue weighted by Crippen LogP contribution is 2.52. The number of ether oxygens (including phenoxy) is 2. The van der Waals surface area contributed by atoms with Crippen LogP contribution < -0.4 is 20.1 Å². The summed E-state index contributed by atoms with van der Waals surface area (Å²) in [7, 11) is 0. The zero-order valence-corrected chi connectivity index (χ0v) is 11.6. The second kappa shape index (κ2) is 3.82. The number of carbonyl (C=O) groups excluding carboxylic acids is 1. The molecule has 0 aliphatic carbocycles. The molecule has 3 aliphatic heterocycles. The normalized spacial score (nSPS) is 23.0. The van der Waals surface area contributed by atoms with E-state index in [1.165, 1.54) is 0 Å². The number of amides is 1. The van der Waals surface area contributed by atoms with Crippen LogP contribution in [0.1, 0.15) is 11.1 Å². The first kappa shape index (κ1) is 11.7. The molecule has 0 saturated carbocycles. The molecule has 3 aliphatic rings. The zero-order chi connectivity index (χ0) is 14.7. The Kier molecular flexibility index (Phi) is 2.03. The van der Waals surface area contributed by atoms with Gasteiger partial charge in [0, 0.05) is 23.5 Å². The minimum absolute atomic E-state index is 0.0493. The Morgan fingerprint density at radius 1 is 1.05 bits per heavy atom. The molecule has 5 nitrogen and oxygen atoms in total. The van der Waals surface area contributed by atoms with Gasteiger partial charge in [0.2, 0.25) is 5.91 Å². The quantitative estimate of drug-likeness (QED) is 0.783. The molecule has 108 valence electrons. The lowest BCUT2D eigenvalue weighted by Gasteiger charge is -2.21. The van der Waals surface area contributed by atoms with Crippen molar-refractivity contribution in [3.05, 3.63) is 60.0 Å². The average Bonchev–Trinajstić information content (AvgIpc) is 3.06. The Morgan fingerprint density at radius 2 is 1.95 bits per heavy atom. The van der Waals surface area contributed by atoms with E-state index < -0.39 is 5.41 Å². The lowest BCUT2D eigenvalue weighted by molar-refractivity contribution is -0.119. The monoisotopic (exact) mass is 292 g/mol. The molecule has 0 radical (unpaired) electrons. The van der Waals surface area contributed by atoms with Crippen LogP contribution in [0.5, 0.6) is 11.5 Å². The van der Waals surface area contributed by atoms with Crippen molar-refractivity contribution < 1.29 is 14.3 Å². The van der Waals surface area contributed by atoms with E-state index >= 15 is 0 Å². The van der Waals surface area contributed by atoms with Crippen molar-refractivity contribution in [1.29, 1.82) is 0 Å². The fourth-order valence-corrected chi connectivity index (χ4v) is 3.44. The minimum Gasteiger partial charge on any atom is -0.491 e. The van der Waals surface area contributed by atoms with Crippen LogP contribution in [-0.4, -0.2) is 12.5 Å². The van der Waals surface area contributed by atoms with Gasteiger partial charge in [-0.1, -0.05) is 18.2 Å². The smallest absolute Gasteiger partial charge is 0.243 e. The molecule has 1 amide bonds. The Bertz CT molecular complexity index is 859. The number of hydrogen-bond donors (Lipinski definition) is 2. The van der Waals surface area contributed by atoms with Crippen LogP contribution in [-0.2, 0) is 10.2 Å². The van der Waals surface area contributed by atoms with E-state index in [-0.39, 0.29) is 5.91 Å². The number of anilines is 2. The summed E-state index contributed by atoms with van der Waals surface area (Å²) in [4.78, 5) is 12.7. The molecule has 5 rings (SSSR count). The van der Waals surface area contributed by atoms with Gasteiger partial charge in [0.1, 0.15) is 24.0 Å². The Morgan fingerprint density at radius 3 is 2.91 bits per heavy atom. The van der Waals surface area contributed by atoms with E-state index in [0.29, 0.717) is 12.4 Å². The summed E-state index contributed by atoms with van der Waals surface area (Å²) in [6, 6.07) is 11.5. The lowest BCUT2D eigenvalue weighted by Crippen LogP contribution is -2.37. The molecule has 2 aromatic rings. The van der Waals surface area contributed by atoms with Crippen LogP contribution in [0.4, 0.5) is 11.4 Å². The average molecular weight is 292 g/mol. The summed E-state index contributed by atoms with van der Waals surface area (Å²) >= 11 is 0. The van der Waals surface area contributed by atoms with Gasteiger partial charge in [0.15, 0.2) is 5.75 Å².